The van der Waals surface area contributed by atoms with E-state index in [9.17, 15) is 0 Å². The van der Waals surface area contributed by atoms with Crippen LogP contribution in [0.5, 0.6) is 0 Å². The van der Waals surface area contributed by atoms with Crippen molar-refractivity contribution in [2.45, 2.75) is 71.4 Å². The Morgan fingerprint density at radius 3 is 2.00 bits per heavy atom. The predicted molar refractivity (Wildman–Crippen MR) is 66.3 cm³/mol. The Kier molecular flexibility index (Phi) is 7.05. The first kappa shape index (κ1) is 13.4. The maximum atomic E-state index is 2.93. The molecule has 0 aliphatic heterocycles. The summed E-state index contributed by atoms with van der Waals surface area (Å²) in [6.07, 6.45) is 8.43. The lowest BCUT2D eigenvalue weighted by molar-refractivity contribution is 0.500. The average molecular weight is 202 g/mol. The number of hydrogen-bond donors (Lipinski definition) is 0. The van der Waals surface area contributed by atoms with Gasteiger partial charge in [-0.05, 0) is 17.5 Å². The van der Waals surface area contributed by atoms with Crippen LogP contribution in [0.2, 0.25) is 0 Å². The Morgan fingerprint density at radius 1 is 1.00 bits per heavy atom. The summed E-state index contributed by atoms with van der Waals surface area (Å²) < 4.78 is 0. The van der Waals surface area contributed by atoms with Gasteiger partial charge in [0.1, 0.15) is 0 Å². The largest absolute Gasteiger partial charge is 0.132 e. The fourth-order valence-electron chi connectivity index (χ4n) is 1.49. The summed E-state index contributed by atoms with van der Waals surface area (Å²) in [5.41, 5.74) is 0. The van der Waals surface area contributed by atoms with Gasteiger partial charge in [0.15, 0.2) is 0 Å². The van der Waals surface area contributed by atoms with Crippen molar-refractivity contribution in [3.8, 4) is 0 Å². The molecule has 0 radical (unpaired) electrons. The van der Waals surface area contributed by atoms with E-state index in [0.29, 0.717) is 5.16 Å². The Balaban J connectivity index is 3.09. The van der Waals surface area contributed by atoms with Crippen LogP contribution in [0, 0.1) is 5.92 Å². The zero-order valence-corrected chi connectivity index (χ0v) is 11.1. The molecular formula is C12H27P. The van der Waals surface area contributed by atoms with Gasteiger partial charge in [0.25, 0.3) is 0 Å². The van der Waals surface area contributed by atoms with Gasteiger partial charge in [-0.1, -0.05) is 59.8 Å². The third-order valence-electron chi connectivity index (χ3n) is 2.35. The third-order valence-corrected chi connectivity index (χ3v) is 2.64. The number of unbranched alkanes of at least 4 members (excludes halogenated alkanes) is 3. The van der Waals surface area contributed by atoms with Gasteiger partial charge in [-0.15, -0.1) is 9.24 Å². The van der Waals surface area contributed by atoms with Crippen LogP contribution >= 0.6 is 9.24 Å². The van der Waals surface area contributed by atoms with Crippen LogP contribution in [-0.4, -0.2) is 5.16 Å². The van der Waals surface area contributed by atoms with E-state index in [1.54, 1.807) is 0 Å². The molecule has 0 aromatic carbocycles. The van der Waals surface area contributed by atoms with E-state index in [2.05, 4.69) is 36.9 Å². The van der Waals surface area contributed by atoms with Gasteiger partial charge in [0.2, 0.25) is 0 Å². The minimum absolute atomic E-state index is 0.456. The molecule has 0 amide bonds. The second-order valence-corrected chi connectivity index (χ2v) is 6.90. The van der Waals surface area contributed by atoms with Crippen molar-refractivity contribution < 1.29 is 0 Å². The van der Waals surface area contributed by atoms with Gasteiger partial charge in [0.05, 0.1) is 0 Å². The van der Waals surface area contributed by atoms with Crippen LogP contribution in [0.4, 0.5) is 0 Å². The first-order chi connectivity index (χ1) is 5.92. The molecule has 1 atom stereocenters. The van der Waals surface area contributed by atoms with Gasteiger partial charge in [-0.25, -0.2) is 0 Å². The summed E-state index contributed by atoms with van der Waals surface area (Å²) in [5.74, 6) is 0.887. The highest BCUT2D eigenvalue weighted by atomic mass is 31.0. The van der Waals surface area contributed by atoms with Crippen molar-refractivity contribution in [3.05, 3.63) is 0 Å². The molecule has 0 fully saturated rings. The lowest BCUT2D eigenvalue weighted by Gasteiger charge is -2.17. The molecule has 13 heavy (non-hydrogen) atoms. The van der Waals surface area contributed by atoms with Crippen molar-refractivity contribution in [2.75, 3.05) is 0 Å². The Bertz CT molecular complexity index is 111. The quantitative estimate of drug-likeness (QED) is 0.417. The molecule has 0 nitrogen and oxygen atoms in total. The van der Waals surface area contributed by atoms with Crippen molar-refractivity contribution in [3.63, 3.8) is 0 Å². The molecule has 0 N–H and O–H groups in total. The van der Waals surface area contributed by atoms with E-state index in [-0.39, 0.29) is 0 Å². The van der Waals surface area contributed by atoms with Crippen LogP contribution in [0.1, 0.15) is 66.2 Å². The molecule has 0 heterocycles. The molecule has 0 bridgehead atoms. The van der Waals surface area contributed by atoms with Gasteiger partial charge in [-0.2, -0.15) is 0 Å². The first-order valence-corrected chi connectivity index (χ1v) is 6.28. The van der Waals surface area contributed by atoms with Crippen molar-refractivity contribution >= 4 is 9.24 Å². The smallest absolute Gasteiger partial charge is 0.0207 e. The molecule has 80 valence electrons. The third kappa shape index (κ3) is 12.4. The minimum Gasteiger partial charge on any atom is -0.132 e. The second-order valence-electron chi connectivity index (χ2n) is 5.34. The minimum atomic E-state index is 0.456. The normalized spacial score (nSPS) is 12.5. The van der Waals surface area contributed by atoms with Gasteiger partial charge in [0, 0.05) is 0 Å². The monoisotopic (exact) mass is 202 g/mol. The summed E-state index contributed by atoms with van der Waals surface area (Å²) in [4.78, 5) is 0. The molecule has 1 unspecified atom stereocenters. The van der Waals surface area contributed by atoms with Gasteiger partial charge < -0.3 is 0 Å². The molecule has 0 spiro atoms. The molecule has 0 rings (SSSR count). The van der Waals surface area contributed by atoms with Crippen LogP contribution in [0.15, 0.2) is 0 Å². The molecule has 0 saturated heterocycles. The maximum Gasteiger partial charge on any atom is -0.0207 e. The highest BCUT2D eigenvalue weighted by Crippen LogP contribution is 2.24. The molecule has 0 aromatic heterocycles. The van der Waals surface area contributed by atoms with Crippen LogP contribution in [-0.2, 0) is 0 Å². The van der Waals surface area contributed by atoms with Gasteiger partial charge in [-0.3, -0.25) is 0 Å². The maximum absolute atomic E-state index is 2.93. The summed E-state index contributed by atoms with van der Waals surface area (Å²) in [6.45, 7) is 9.22. The molecule has 0 aliphatic carbocycles. The predicted octanol–water partition coefficient (Wildman–Crippen LogP) is 4.64. The molecule has 0 aromatic rings. The fourth-order valence-corrected chi connectivity index (χ4v) is 1.69. The van der Waals surface area contributed by atoms with Crippen molar-refractivity contribution in [2.24, 2.45) is 5.92 Å². The standard InChI is InChI=1S/C12H27P/c1-11(2)9-7-5-6-8-10-12(3,4)13/h11H,5-10,13H2,1-4H3. The second kappa shape index (κ2) is 6.82. The Hall–Kier alpha value is 0.430. The van der Waals surface area contributed by atoms with Crippen LogP contribution < -0.4 is 0 Å². The zero-order valence-electron chi connectivity index (χ0n) is 9.90. The SMILES string of the molecule is CC(C)CCCCCCC(C)(C)P. The summed E-state index contributed by atoms with van der Waals surface area (Å²) in [7, 11) is 2.93. The lowest BCUT2D eigenvalue weighted by Crippen LogP contribution is -2.07. The van der Waals surface area contributed by atoms with Gasteiger partial charge >= 0.3 is 0 Å². The average Bonchev–Trinajstić information content (AvgIpc) is 1.93. The summed E-state index contributed by atoms with van der Waals surface area (Å²) in [6, 6.07) is 0. The van der Waals surface area contributed by atoms with E-state index in [1.165, 1.54) is 38.5 Å². The van der Waals surface area contributed by atoms with Crippen molar-refractivity contribution in [1.82, 2.24) is 0 Å². The van der Waals surface area contributed by atoms with E-state index in [1.807, 2.05) is 0 Å². The lowest BCUT2D eigenvalue weighted by atomic mass is 10.0. The Morgan fingerprint density at radius 2 is 1.54 bits per heavy atom. The fraction of sp³-hybridized carbons (Fsp3) is 1.00. The number of hydrogen-bond acceptors (Lipinski definition) is 0. The van der Waals surface area contributed by atoms with E-state index >= 15 is 0 Å². The molecule has 0 aliphatic rings. The van der Waals surface area contributed by atoms with E-state index in [4.69, 9.17) is 0 Å². The van der Waals surface area contributed by atoms with Crippen LogP contribution in [0.3, 0.4) is 0 Å². The summed E-state index contributed by atoms with van der Waals surface area (Å²) in [5, 5.41) is 0.456. The molecule has 1 heteroatoms. The molecular weight excluding hydrogens is 175 g/mol. The summed E-state index contributed by atoms with van der Waals surface area (Å²) >= 11 is 0. The van der Waals surface area contributed by atoms with Crippen LogP contribution in [0.25, 0.3) is 0 Å². The first-order valence-electron chi connectivity index (χ1n) is 5.71. The Labute approximate surface area is 87.1 Å². The highest BCUT2D eigenvalue weighted by molar-refractivity contribution is 7.18. The molecule has 0 saturated carbocycles. The van der Waals surface area contributed by atoms with E-state index in [0.717, 1.165) is 5.92 Å². The van der Waals surface area contributed by atoms with Crippen molar-refractivity contribution in [1.29, 1.82) is 0 Å². The topological polar surface area (TPSA) is 0 Å². The zero-order chi connectivity index (χ0) is 10.3. The number of rotatable bonds is 7. The highest BCUT2D eigenvalue weighted by Gasteiger charge is 2.08. The van der Waals surface area contributed by atoms with E-state index < -0.39 is 0 Å².